The van der Waals surface area contributed by atoms with Gasteiger partial charge in [-0.05, 0) is 23.9 Å². The molecule has 2 nitrogen and oxygen atoms in total. The Morgan fingerprint density at radius 1 is 1.64 bits per heavy atom. The number of aryl methyl sites for hydroxylation is 1. The molecule has 0 radical (unpaired) electrons. The average Bonchev–Trinajstić information content (AvgIpc) is 2.12. The van der Waals surface area contributed by atoms with Gasteiger partial charge in [0.15, 0.2) is 0 Å². The highest BCUT2D eigenvalue weighted by molar-refractivity contribution is 8.13. The van der Waals surface area contributed by atoms with Crippen molar-refractivity contribution in [3.8, 4) is 0 Å². The first-order chi connectivity index (χ1) is 4.99. The third-order valence-electron chi connectivity index (χ3n) is 1.27. The lowest BCUT2D eigenvalue weighted by atomic mass is 10.3. The van der Waals surface area contributed by atoms with E-state index in [1.54, 1.807) is 0 Å². The summed E-state index contributed by atoms with van der Waals surface area (Å²) in [6.07, 6.45) is 0. The second kappa shape index (κ2) is 3.13. The molecule has 0 aliphatic carbocycles. The zero-order valence-corrected chi connectivity index (χ0v) is 8.26. The van der Waals surface area contributed by atoms with E-state index in [0.29, 0.717) is 0 Å². The predicted molar refractivity (Wildman–Crippen MR) is 47.5 cm³/mol. The Morgan fingerprint density at radius 2 is 2.27 bits per heavy atom. The fraction of sp³-hybridized carbons (Fsp3) is 0.333. The Balaban J connectivity index is 2.89. The Kier molecular flexibility index (Phi) is 2.57. The number of hydrogen-bond acceptors (Lipinski definition) is 3. The van der Waals surface area contributed by atoms with Crippen molar-refractivity contribution in [3.05, 3.63) is 21.9 Å². The molecule has 62 valence electrons. The molecule has 5 heteroatoms. The number of rotatable bonds is 2. The molecule has 1 heterocycles. The van der Waals surface area contributed by atoms with Gasteiger partial charge >= 0.3 is 0 Å². The highest BCUT2D eigenvalue weighted by Gasteiger charge is 2.09. The molecule has 0 spiro atoms. The van der Waals surface area contributed by atoms with Gasteiger partial charge < -0.3 is 0 Å². The molecule has 0 atom stereocenters. The van der Waals surface area contributed by atoms with E-state index in [2.05, 4.69) is 0 Å². The Hall–Kier alpha value is -0.0600. The summed E-state index contributed by atoms with van der Waals surface area (Å²) >= 11 is 1.41. The third kappa shape index (κ3) is 2.81. The monoisotopic (exact) mass is 210 g/mol. The Morgan fingerprint density at radius 3 is 2.64 bits per heavy atom. The largest absolute Gasteiger partial charge is 0.237 e. The highest BCUT2D eigenvalue weighted by Crippen LogP contribution is 2.19. The van der Waals surface area contributed by atoms with Crippen molar-refractivity contribution < 1.29 is 8.42 Å². The maximum absolute atomic E-state index is 10.6. The molecule has 0 aromatic carbocycles. The summed E-state index contributed by atoms with van der Waals surface area (Å²) in [6, 6.07) is 1.88. The maximum atomic E-state index is 10.6. The Labute approximate surface area is 74.2 Å². The molecule has 0 fully saturated rings. The van der Waals surface area contributed by atoms with Crippen molar-refractivity contribution in [1.29, 1.82) is 0 Å². The van der Waals surface area contributed by atoms with Crippen LogP contribution >= 0.6 is 22.0 Å². The van der Waals surface area contributed by atoms with Gasteiger partial charge in [-0.3, -0.25) is 0 Å². The van der Waals surface area contributed by atoms with Gasteiger partial charge in [0.1, 0.15) is 0 Å². The van der Waals surface area contributed by atoms with Crippen LogP contribution in [0.15, 0.2) is 11.4 Å². The van der Waals surface area contributed by atoms with Gasteiger partial charge in [0, 0.05) is 15.6 Å². The number of hydrogen-bond donors (Lipinski definition) is 0. The van der Waals surface area contributed by atoms with E-state index in [9.17, 15) is 8.42 Å². The van der Waals surface area contributed by atoms with Crippen LogP contribution in [0.5, 0.6) is 0 Å². The van der Waals surface area contributed by atoms with Crippen molar-refractivity contribution in [2.45, 2.75) is 12.7 Å². The maximum Gasteiger partial charge on any atom is 0.237 e. The van der Waals surface area contributed by atoms with Crippen LogP contribution < -0.4 is 0 Å². The molecular weight excluding hydrogens is 204 g/mol. The summed E-state index contributed by atoms with van der Waals surface area (Å²) in [5, 5.41) is 1.85. The van der Waals surface area contributed by atoms with Crippen LogP contribution in [0.3, 0.4) is 0 Å². The second-order valence-corrected chi connectivity index (χ2v) is 5.99. The van der Waals surface area contributed by atoms with Crippen molar-refractivity contribution in [2.24, 2.45) is 0 Å². The van der Waals surface area contributed by atoms with Gasteiger partial charge in [-0.25, -0.2) is 8.42 Å². The first-order valence-electron chi connectivity index (χ1n) is 2.94. The SMILES string of the molecule is Cc1ccsc1CS(=O)(=O)Cl. The zero-order valence-electron chi connectivity index (χ0n) is 5.87. The van der Waals surface area contributed by atoms with E-state index in [1.165, 1.54) is 11.3 Å². The summed E-state index contributed by atoms with van der Waals surface area (Å²) in [7, 11) is 1.69. The normalized spacial score (nSPS) is 11.8. The molecule has 0 saturated carbocycles. The quantitative estimate of drug-likeness (QED) is 0.701. The summed E-state index contributed by atoms with van der Waals surface area (Å²) in [4.78, 5) is 0.819. The van der Waals surface area contributed by atoms with Crippen LogP contribution in [0.25, 0.3) is 0 Å². The first kappa shape index (κ1) is 9.03. The zero-order chi connectivity index (χ0) is 8.48. The van der Waals surface area contributed by atoms with Crippen LogP contribution in [0.4, 0.5) is 0 Å². The standard InChI is InChI=1S/C6H7ClO2S2/c1-5-2-3-10-6(5)4-11(7,8)9/h2-3H,4H2,1H3. The van der Waals surface area contributed by atoms with E-state index >= 15 is 0 Å². The fourth-order valence-electron chi connectivity index (χ4n) is 0.709. The topological polar surface area (TPSA) is 34.1 Å². The third-order valence-corrected chi connectivity index (χ3v) is 3.44. The van der Waals surface area contributed by atoms with Gasteiger partial charge in [-0.2, -0.15) is 0 Å². The smallest absolute Gasteiger partial charge is 0.212 e. The minimum Gasteiger partial charge on any atom is -0.212 e. The molecule has 0 N–H and O–H groups in total. The number of thiophene rings is 1. The van der Waals surface area contributed by atoms with Gasteiger partial charge in [-0.1, -0.05) is 0 Å². The highest BCUT2D eigenvalue weighted by atomic mass is 35.7. The molecule has 1 aromatic rings. The van der Waals surface area contributed by atoms with Gasteiger partial charge in [0.2, 0.25) is 9.05 Å². The van der Waals surface area contributed by atoms with Crippen molar-refractivity contribution >= 4 is 31.1 Å². The lowest BCUT2D eigenvalue weighted by Crippen LogP contribution is -1.93. The minimum absolute atomic E-state index is 0.0575. The van der Waals surface area contributed by atoms with E-state index in [0.717, 1.165) is 10.4 Å². The van der Waals surface area contributed by atoms with Crippen molar-refractivity contribution in [3.63, 3.8) is 0 Å². The van der Waals surface area contributed by atoms with E-state index in [1.807, 2.05) is 18.4 Å². The van der Waals surface area contributed by atoms with E-state index in [4.69, 9.17) is 10.7 Å². The summed E-state index contributed by atoms with van der Waals surface area (Å²) in [5.74, 6) is -0.0575. The lowest BCUT2D eigenvalue weighted by molar-refractivity contribution is 0.609. The molecule has 11 heavy (non-hydrogen) atoms. The molecule has 0 amide bonds. The first-order valence-corrected chi connectivity index (χ1v) is 6.30. The van der Waals surface area contributed by atoms with Crippen LogP contribution in [0, 0.1) is 6.92 Å². The summed E-state index contributed by atoms with van der Waals surface area (Å²) in [6.45, 7) is 1.87. The molecule has 0 unspecified atom stereocenters. The molecule has 1 rings (SSSR count). The fourth-order valence-corrected chi connectivity index (χ4v) is 3.20. The minimum atomic E-state index is -3.39. The van der Waals surface area contributed by atoms with Gasteiger partial charge in [-0.15, -0.1) is 11.3 Å². The van der Waals surface area contributed by atoms with E-state index < -0.39 is 9.05 Å². The van der Waals surface area contributed by atoms with Gasteiger partial charge in [0.25, 0.3) is 0 Å². The molecule has 0 bridgehead atoms. The van der Waals surface area contributed by atoms with Crippen LogP contribution in [0.1, 0.15) is 10.4 Å². The molecular formula is C6H7ClO2S2. The lowest BCUT2D eigenvalue weighted by Gasteiger charge is -1.93. The molecule has 0 aliphatic heterocycles. The van der Waals surface area contributed by atoms with E-state index in [-0.39, 0.29) is 5.75 Å². The van der Waals surface area contributed by atoms with Crippen LogP contribution in [0.2, 0.25) is 0 Å². The average molecular weight is 211 g/mol. The van der Waals surface area contributed by atoms with Crippen LogP contribution in [-0.2, 0) is 14.8 Å². The summed E-state index contributed by atoms with van der Waals surface area (Å²) < 4.78 is 21.2. The molecule has 0 aliphatic rings. The number of halogens is 1. The molecule has 1 aromatic heterocycles. The van der Waals surface area contributed by atoms with Crippen molar-refractivity contribution in [1.82, 2.24) is 0 Å². The second-order valence-electron chi connectivity index (χ2n) is 2.21. The predicted octanol–water partition coefficient (Wildman–Crippen LogP) is 2.13. The van der Waals surface area contributed by atoms with Gasteiger partial charge in [0.05, 0.1) is 5.75 Å². The summed E-state index contributed by atoms with van der Waals surface area (Å²) in [5.41, 5.74) is 0.985. The van der Waals surface area contributed by atoms with Crippen molar-refractivity contribution in [2.75, 3.05) is 0 Å². The molecule has 0 saturated heterocycles. The Bertz CT molecular complexity index is 339. The van der Waals surface area contributed by atoms with Crippen LogP contribution in [-0.4, -0.2) is 8.42 Å².